The van der Waals surface area contributed by atoms with E-state index in [-0.39, 0.29) is 11.7 Å². The van der Waals surface area contributed by atoms with Gasteiger partial charge in [-0.3, -0.25) is 9.59 Å². The number of hydrogen-bond donors (Lipinski definition) is 3. The van der Waals surface area contributed by atoms with Crippen molar-refractivity contribution >= 4 is 17.6 Å². The Morgan fingerprint density at radius 2 is 1.46 bits per heavy atom. The Bertz CT molecular complexity index is 1030. The summed E-state index contributed by atoms with van der Waals surface area (Å²) in [7, 11) is 0. The minimum Gasteiger partial charge on any atom is -0.370 e. The molecular weight excluding hydrogens is 440 g/mol. The molecule has 8 heteroatoms. The molecule has 0 atom stereocenters. The highest BCUT2D eigenvalue weighted by molar-refractivity contribution is 6.15. The summed E-state index contributed by atoms with van der Waals surface area (Å²) in [6.45, 7) is 7.56. The van der Waals surface area contributed by atoms with E-state index in [1.54, 1.807) is 41.3 Å². The van der Waals surface area contributed by atoms with Gasteiger partial charge in [-0.15, -0.1) is 0 Å². The molecule has 2 aromatic carbocycles. The summed E-state index contributed by atoms with van der Waals surface area (Å²) in [6, 6.07) is 16.0. The molecule has 0 unspecified atom stereocenters. The second kappa shape index (κ2) is 13.3. The number of unbranched alkanes of at least 4 members (excludes halogenated alkanes) is 3. The van der Waals surface area contributed by atoms with E-state index in [0.29, 0.717) is 54.6 Å². The molecule has 2 aromatic rings. The topological polar surface area (TPSA) is 117 Å². The maximum Gasteiger partial charge on any atom is 0.254 e. The molecule has 0 spiro atoms. The van der Waals surface area contributed by atoms with Crippen LogP contribution in [-0.4, -0.2) is 66.7 Å². The van der Waals surface area contributed by atoms with Crippen LogP contribution in [0.5, 0.6) is 0 Å². The van der Waals surface area contributed by atoms with Gasteiger partial charge in [0.15, 0.2) is 11.7 Å². The largest absolute Gasteiger partial charge is 0.370 e. The summed E-state index contributed by atoms with van der Waals surface area (Å²) in [5.41, 5.74) is 13.1. The summed E-state index contributed by atoms with van der Waals surface area (Å²) in [5.74, 6) is 0.612. The van der Waals surface area contributed by atoms with Crippen LogP contribution in [0.25, 0.3) is 0 Å². The van der Waals surface area contributed by atoms with Gasteiger partial charge in [-0.05, 0) is 25.5 Å². The highest BCUT2D eigenvalue weighted by atomic mass is 16.2. The summed E-state index contributed by atoms with van der Waals surface area (Å²) in [4.78, 5) is 34.4. The molecule has 1 amide bonds. The number of amides is 1. The van der Waals surface area contributed by atoms with Gasteiger partial charge in [0.2, 0.25) is 0 Å². The fraction of sp³-hybridized carbons (Fsp3) is 0.370. The normalized spacial score (nSPS) is 14.0. The Labute approximate surface area is 207 Å². The van der Waals surface area contributed by atoms with Crippen LogP contribution in [0.4, 0.5) is 0 Å². The van der Waals surface area contributed by atoms with Crippen molar-refractivity contribution in [1.29, 1.82) is 0 Å². The lowest BCUT2D eigenvalue weighted by molar-refractivity contribution is 0.0687. The summed E-state index contributed by atoms with van der Waals surface area (Å²) < 4.78 is 0. The number of rotatable bonds is 11. The molecule has 3 rings (SSSR count). The van der Waals surface area contributed by atoms with Crippen molar-refractivity contribution in [2.24, 2.45) is 16.5 Å². The average molecular weight is 477 g/mol. The van der Waals surface area contributed by atoms with E-state index in [2.05, 4.69) is 16.9 Å². The van der Waals surface area contributed by atoms with Crippen LogP contribution in [0.15, 0.2) is 72.0 Å². The van der Waals surface area contributed by atoms with Crippen LogP contribution in [0.2, 0.25) is 0 Å². The van der Waals surface area contributed by atoms with Gasteiger partial charge >= 0.3 is 0 Å². The van der Waals surface area contributed by atoms with Crippen molar-refractivity contribution in [3.8, 4) is 0 Å². The third kappa shape index (κ3) is 7.42. The van der Waals surface area contributed by atoms with Crippen molar-refractivity contribution in [3.05, 3.63) is 83.7 Å². The first-order valence-electron chi connectivity index (χ1n) is 12.2. The fourth-order valence-electron chi connectivity index (χ4n) is 4.03. The predicted octanol–water partition coefficient (Wildman–Crippen LogP) is 2.57. The van der Waals surface area contributed by atoms with Crippen molar-refractivity contribution in [3.63, 3.8) is 0 Å². The first-order valence-corrected chi connectivity index (χ1v) is 12.2. The highest BCUT2D eigenvalue weighted by Crippen LogP contribution is 2.18. The molecule has 0 aliphatic carbocycles. The smallest absolute Gasteiger partial charge is 0.254 e. The number of nitrogens with zero attached hydrogens (tertiary/aromatic N) is 3. The number of carbonyl (C=O) groups excluding carboxylic acids is 2. The Hall–Kier alpha value is -3.65. The molecule has 1 fully saturated rings. The molecule has 186 valence electrons. The standard InChI is InChI=1S/C27H36N6O2/c1-21(30-16-10-3-2-9-15-28)31-27(29)33-19-17-32(18-20-33)26(35)24-14-8-7-13-23(24)25(34)22-11-5-4-6-12-22/h4-8,11-14,30H,1-3,9-10,15-20,28H2,(H2,29,31). The predicted molar refractivity (Wildman–Crippen MR) is 140 cm³/mol. The Morgan fingerprint density at radius 3 is 2.14 bits per heavy atom. The first kappa shape index (κ1) is 26.0. The molecule has 0 aromatic heterocycles. The van der Waals surface area contributed by atoms with Gasteiger partial charge in [0, 0.05) is 43.9 Å². The van der Waals surface area contributed by atoms with Gasteiger partial charge in [0.25, 0.3) is 5.91 Å². The Kier molecular flexibility index (Phi) is 9.86. The molecule has 1 aliphatic heterocycles. The zero-order valence-corrected chi connectivity index (χ0v) is 20.3. The third-order valence-corrected chi connectivity index (χ3v) is 6.04. The number of nitrogens with two attached hydrogens (primary N) is 2. The number of aliphatic imine (C=N–C) groups is 1. The van der Waals surface area contributed by atoms with Gasteiger partial charge in [0.1, 0.15) is 5.82 Å². The second-order valence-electron chi connectivity index (χ2n) is 8.57. The minimum absolute atomic E-state index is 0.152. The molecule has 5 N–H and O–H groups in total. The molecule has 1 saturated heterocycles. The number of piperazine rings is 1. The van der Waals surface area contributed by atoms with Crippen molar-refractivity contribution in [2.75, 3.05) is 39.3 Å². The number of nitrogens with one attached hydrogen (secondary N) is 1. The lowest BCUT2D eigenvalue weighted by atomic mass is 9.97. The van der Waals surface area contributed by atoms with E-state index in [0.717, 1.165) is 38.8 Å². The lowest BCUT2D eigenvalue weighted by Gasteiger charge is -2.35. The van der Waals surface area contributed by atoms with Crippen molar-refractivity contribution < 1.29 is 9.59 Å². The molecule has 0 saturated carbocycles. The average Bonchev–Trinajstić information content (AvgIpc) is 2.90. The molecule has 8 nitrogen and oxygen atoms in total. The van der Waals surface area contributed by atoms with Gasteiger partial charge < -0.3 is 26.6 Å². The SMILES string of the molecule is C=C(N=C(N)N1CCN(C(=O)c2ccccc2C(=O)c2ccccc2)CC1)NCCCCCCN. The van der Waals surface area contributed by atoms with Gasteiger partial charge in [-0.1, -0.05) is 68.0 Å². The van der Waals surface area contributed by atoms with Crippen molar-refractivity contribution in [1.82, 2.24) is 15.1 Å². The van der Waals surface area contributed by atoms with Gasteiger partial charge in [-0.25, -0.2) is 0 Å². The van der Waals surface area contributed by atoms with Crippen molar-refractivity contribution in [2.45, 2.75) is 25.7 Å². The third-order valence-electron chi connectivity index (χ3n) is 6.04. The van der Waals surface area contributed by atoms with Crippen LogP contribution in [0.3, 0.4) is 0 Å². The number of carbonyl (C=O) groups is 2. The zero-order valence-electron chi connectivity index (χ0n) is 20.3. The summed E-state index contributed by atoms with van der Waals surface area (Å²) in [5, 5.41) is 3.19. The summed E-state index contributed by atoms with van der Waals surface area (Å²) >= 11 is 0. The molecule has 0 radical (unpaired) electrons. The fourth-order valence-corrected chi connectivity index (χ4v) is 4.03. The van der Waals surface area contributed by atoms with E-state index < -0.39 is 0 Å². The van der Waals surface area contributed by atoms with E-state index in [9.17, 15) is 9.59 Å². The number of benzene rings is 2. The Balaban J connectivity index is 1.54. The quantitative estimate of drug-likeness (QED) is 0.199. The molecule has 1 heterocycles. The van der Waals surface area contributed by atoms with Crippen LogP contribution >= 0.6 is 0 Å². The number of ketones is 1. The molecule has 35 heavy (non-hydrogen) atoms. The Morgan fingerprint density at radius 1 is 0.857 bits per heavy atom. The maximum absolute atomic E-state index is 13.3. The molecule has 1 aliphatic rings. The minimum atomic E-state index is -0.157. The van der Waals surface area contributed by atoms with Gasteiger partial charge in [0.05, 0.1) is 5.56 Å². The molecular formula is C27H36N6O2. The lowest BCUT2D eigenvalue weighted by Crippen LogP contribution is -2.52. The van der Waals surface area contributed by atoms with E-state index in [4.69, 9.17) is 11.5 Å². The van der Waals surface area contributed by atoms with E-state index >= 15 is 0 Å². The van der Waals surface area contributed by atoms with E-state index in [1.165, 1.54) is 0 Å². The van der Waals surface area contributed by atoms with Crippen LogP contribution in [0, 0.1) is 0 Å². The molecule has 0 bridgehead atoms. The van der Waals surface area contributed by atoms with Crippen LogP contribution in [0.1, 0.15) is 52.0 Å². The maximum atomic E-state index is 13.3. The van der Waals surface area contributed by atoms with E-state index in [1.807, 2.05) is 23.1 Å². The summed E-state index contributed by atoms with van der Waals surface area (Å²) in [6.07, 6.45) is 4.33. The van der Waals surface area contributed by atoms with Crippen LogP contribution < -0.4 is 16.8 Å². The highest BCUT2D eigenvalue weighted by Gasteiger charge is 2.26. The second-order valence-corrected chi connectivity index (χ2v) is 8.57. The zero-order chi connectivity index (χ0) is 25.0. The first-order chi connectivity index (χ1) is 17.0. The van der Waals surface area contributed by atoms with Gasteiger partial charge in [-0.2, -0.15) is 4.99 Å². The number of guanidine groups is 1. The monoisotopic (exact) mass is 476 g/mol. The number of hydrogen-bond acceptors (Lipinski definition) is 5. The van der Waals surface area contributed by atoms with Crippen LogP contribution in [-0.2, 0) is 0 Å².